The van der Waals surface area contributed by atoms with Crippen LogP contribution in [0.25, 0.3) is 0 Å². The number of amides is 1. The minimum absolute atomic E-state index is 0.100. The number of nitrogens with one attached hydrogen (secondary N) is 1. The SMILES string of the molecule is Cc1ccccc1CCNC(=O)CN1C[C@@H](CN)[C@H](c2ccccc2)C1. The van der Waals surface area contributed by atoms with Crippen molar-refractivity contribution in [2.75, 3.05) is 32.7 Å². The van der Waals surface area contributed by atoms with E-state index in [1.165, 1.54) is 16.7 Å². The molecule has 0 bridgehead atoms. The predicted molar refractivity (Wildman–Crippen MR) is 106 cm³/mol. The summed E-state index contributed by atoms with van der Waals surface area (Å²) in [6.45, 7) is 5.69. The van der Waals surface area contributed by atoms with Crippen molar-refractivity contribution in [1.82, 2.24) is 10.2 Å². The van der Waals surface area contributed by atoms with E-state index in [-0.39, 0.29) is 5.91 Å². The third-order valence-electron chi connectivity index (χ3n) is 5.39. The minimum atomic E-state index is 0.100. The molecule has 2 aromatic rings. The van der Waals surface area contributed by atoms with Crippen LogP contribution in [0.1, 0.15) is 22.6 Å². The Labute approximate surface area is 156 Å². The molecule has 0 spiro atoms. The monoisotopic (exact) mass is 351 g/mol. The van der Waals surface area contributed by atoms with Crippen LogP contribution >= 0.6 is 0 Å². The lowest BCUT2D eigenvalue weighted by Crippen LogP contribution is -2.37. The Morgan fingerprint density at radius 1 is 1.12 bits per heavy atom. The fraction of sp³-hybridized carbons (Fsp3) is 0.409. The molecule has 0 aromatic heterocycles. The van der Waals surface area contributed by atoms with E-state index in [1.807, 2.05) is 18.2 Å². The Morgan fingerprint density at radius 2 is 1.85 bits per heavy atom. The average Bonchev–Trinajstić information content (AvgIpc) is 3.07. The molecule has 26 heavy (non-hydrogen) atoms. The lowest BCUT2D eigenvalue weighted by molar-refractivity contribution is -0.122. The maximum atomic E-state index is 12.3. The second-order valence-corrected chi connectivity index (χ2v) is 7.23. The molecular weight excluding hydrogens is 322 g/mol. The summed E-state index contributed by atoms with van der Waals surface area (Å²) in [5, 5.41) is 3.06. The van der Waals surface area contributed by atoms with Crippen molar-refractivity contribution in [3.63, 3.8) is 0 Å². The van der Waals surface area contributed by atoms with Crippen LogP contribution in [-0.4, -0.2) is 43.5 Å². The predicted octanol–water partition coefficient (Wildman–Crippen LogP) is 2.33. The van der Waals surface area contributed by atoms with Crippen LogP contribution in [0.15, 0.2) is 54.6 Å². The molecule has 3 N–H and O–H groups in total. The smallest absolute Gasteiger partial charge is 0.234 e. The number of nitrogens with zero attached hydrogens (tertiary/aromatic N) is 1. The summed E-state index contributed by atoms with van der Waals surface area (Å²) in [6, 6.07) is 18.8. The van der Waals surface area contributed by atoms with Crippen molar-refractivity contribution in [1.29, 1.82) is 0 Å². The zero-order valence-electron chi connectivity index (χ0n) is 15.5. The van der Waals surface area contributed by atoms with Crippen molar-refractivity contribution in [2.45, 2.75) is 19.3 Å². The summed E-state index contributed by atoms with van der Waals surface area (Å²) >= 11 is 0. The molecule has 0 radical (unpaired) electrons. The van der Waals surface area contributed by atoms with Gasteiger partial charge < -0.3 is 11.1 Å². The molecule has 2 aromatic carbocycles. The van der Waals surface area contributed by atoms with E-state index < -0.39 is 0 Å². The lowest BCUT2D eigenvalue weighted by Gasteiger charge is -2.16. The van der Waals surface area contributed by atoms with Crippen LogP contribution < -0.4 is 11.1 Å². The van der Waals surface area contributed by atoms with Gasteiger partial charge in [-0.1, -0.05) is 54.6 Å². The van der Waals surface area contributed by atoms with Gasteiger partial charge in [0.05, 0.1) is 6.54 Å². The molecule has 1 aliphatic heterocycles. The zero-order chi connectivity index (χ0) is 18.4. The molecule has 1 heterocycles. The number of benzene rings is 2. The summed E-state index contributed by atoms with van der Waals surface area (Å²) < 4.78 is 0. The van der Waals surface area contributed by atoms with Crippen LogP contribution in [-0.2, 0) is 11.2 Å². The van der Waals surface area contributed by atoms with Gasteiger partial charge in [0.25, 0.3) is 0 Å². The number of likely N-dealkylation sites (tertiary alicyclic amines) is 1. The van der Waals surface area contributed by atoms with Gasteiger partial charge in [0, 0.05) is 25.6 Å². The summed E-state index contributed by atoms with van der Waals surface area (Å²) in [6.07, 6.45) is 0.872. The number of hydrogen-bond acceptors (Lipinski definition) is 3. The summed E-state index contributed by atoms with van der Waals surface area (Å²) in [4.78, 5) is 14.6. The Morgan fingerprint density at radius 3 is 2.58 bits per heavy atom. The van der Waals surface area contributed by atoms with Crippen LogP contribution in [0.2, 0.25) is 0 Å². The van der Waals surface area contributed by atoms with E-state index >= 15 is 0 Å². The van der Waals surface area contributed by atoms with Crippen LogP contribution in [0.3, 0.4) is 0 Å². The fourth-order valence-electron chi connectivity index (χ4n) is 3.89. The fourth-order valence-corrected chi connectivity index (χ4v) is 3.89. The Kier molecular flexibility index (Phi) is 6.42. The largest absolute Gasteiger partial charge is 0.355 e. The Balaban J connectivity index is 1.48. The molecule has 138 valence electrons. The maximum absolute atomic E-state index is 12.3. The Hall–Kier alpha value is -2.17. The van der Waals surface area contributed by atoms with Gasteiger partial charge in [-0.15, -0.1) is 0 Å². The number of carbonyl (C=O) groups is 1. The van der Waals surface area contributed by atoms with Crippen molar-refractivity contribution >= 4 is 5.91 Å². The minimum Gasteiger partial charge on any atom is -0.355 e. The second-order valence-electron chi connectivity index (χ2n) is 7.23. The average molecular weight is 351 g/mol. The van der Waals surface area contributed by atoms with Crippen LogP contribution in [0, 0.1) is 12.8 Å². The molecular formula is C22H29N3O. The van der Waals surface area contributed by atoms with Crippen molar-refractivity contribution in [2.24, 2.45) is 11.7 Å². The highest BCUT2D eigenvalue weighted by molar-refractivity contribution is 5.78. The van der Waals surface area contributed by atoms with E-state index in [9.17, 15) is 4.79 Å². The third kappa shape index (κ3) is 4.71. The van der Waals surface area contributed by atoms with E-state index in [0.29, 0.717) is 31.5 Å². The highest BCUT2D eigenvalue weighted by Crippen LogP contribution is 2.31. The maximum Gasteiger partial charge on any atom is 0.234 e. The Bertz CT molecular complexity index is 716. The molecule has 4 nitrogen and oxygen atoms in total. The second kappa shape index (κ2) is 8.97. The van der Waals surface area contributed by atoms with Crippen molar-refractivity contribution < 1.29 is 4.79 Å². The van der Waals surface area contributed by atoms with Gasteiger partial charge in [-0.2, -0.15) is 0 Å². The van der Waals surface area contributed by atoms with Gasteiger partial charge >= 0.3 is 0 Å². The van der Waals surface area contributed by atoms with E-state index in [0.717, 1.165) is 19.5 Å². The standard InChI is InChI=1S/C22H29N3O/c1-17-7-5-6-8-18(17)11-12-24-22(26)16-25-14-20(13-23)21(15-25)19-9-3-2-4-10-19/h2-10,20-21H,11-16,23H2,1H3,(H,24,26)/t20-,21+/m1/s1. The molecule has 0 unspecified atom stereocenters. The molecule has 1 saturated heterocycles. The highest BCUT2D eigenvalue weighted by Gasteiger charge is 2.33. The van der Waals surface area contributed by atoms with E-state index in [4.69, 9.17) is 5.73 Å². The molecule has 2 atom stereocenters. The summed E-state index contributed by atoms with van der Waals surface area (Å²) in [5.74, 6) is 0.932. The molecule has 1 amide bonds. The first-order chi connectivity index (χ1) is 12.7. The summed E-state index contributed by atoms with van der Waals surface area (Å²) in [5.41, 5.74) is 9.88. The molecule has 0 aliphatic carbocycles. The normalized spacial score (nSPS) is 20.2. The zero-order valence-corrected chi connectivity index (χ0v) is 15.5. The summed E-state index contributed by atoms with van der Waals surface area (Å²) in [7, 11) is 0. The van der Waals surface area contributed by atoms with Crippen molar-refractivity contribution in [3.05, 3.63) is 71.3 Å². The molecule has 3 rings (SSSR count). The first-order valence-corrected chi connectivity index (χ1v) is 9.46. The quantitative estimate of drug-likeness (QED) is 0.805. The van der Waals surface area contributed by atoms with Crippen LogP contribution in [0.5, 0.6) is 0 Å². The van der Waals surface area contributed by atoms with Crippen LogP contribution in [0.4, 0.5) is 0 Å². The van der Waals surface area contributed by atoms with Gasteiger partial charge in [-0.25, -0.2) is 0 Å². The number of aryl methyl sites for hydroxylation is 1. The molecule has 1 aliphatic rings. The van der Waals surface area contributed by atoms with E-state index in [1.54, 1.807) is 0 Å². The first kappa shape index (κ1) is 18.6. The van der Waals surface area contributed by atoms with Gasteiger partial charge in [-0.3, -0.25) is 9.69 Å². The molecule has 1 fully saturated rings. The van der Waals surface area contributed by atoms with E-state index in [2.05, 4.69) is 53.5 Å². The molecule has 4 heteroatoms. The number of nitrogens with two attached hydrogens (primary N) is 1. The van der Waals surface area contributed by atoms with Gasteiger partial charge in [0.1, 0.15) is 0 Å². The van der Waals surface area contributed by atoms with Gasteiger partial charge in [0.15, 0.2) is 0 Å². The van der Waals surface area contributed by atoms with Crippen molar-refractivity contribution in [3.8, 4) is 0 Å². The topological polar surface area (TPSA) is 58.4 Å². The van der Waals surface area contributed by atoms with Gasteiger partial charge in [0.2, 0.25) is 5.91 Å². The highest BCUT2D eigenvalue weighted by atomic mass is 16.2. The number of carbonyl (C=O) groups excluding carboxylic acids is 1. The first-order valence-electron chi connectivity index (χ1n) is 9.46. The van der Waals surface area contributed by atoms with Gasteiger partial charge in [-0.05, 0) is 42.5 Å². The third-order valence-corrected chi connectivity index (χ3v) is 5.39. The lowest BCUT2D eigenvalue weighted by atomic mass is 9.89. The number of rotatable bonds is 7. The number of hydrogen-bond donors (Lipinski definition) is 2. The molecule has 0 saturated carbocycles.